The number of nitrogens with zero attached hydrogens (tertiary/aromatic N) is 1. The van der Waals surface area contributed by atoms with E-state index in [1.807, 2.05) is 0 Å². The zero-order valence-electron chi connectivity index (χ0n) is 12.6. The first-order chi connectivity index (χ1) is 9.33. The highest BCUT2D eigenvalue weighted by Crippen LogP contribution is 2.29. The van der Waals surface area contributed by atoms with Crippen LogP contribution in [0.4, 0.5) is 0 Å². The van der Waals surface area contributed by atoms with Gasteiger partial charge in [-0.1, -0.05) is 19.8 Å². The van der Waals surface area contributed by atoms with Crippen molar-refractivity contribution in [2.45, 2.75) is 57.9 Å². The Morgan fingerprint density at radius 2 is 1.74 bits per heavy atom. The van der Waals surface area contributed by atoms with Gasteiger partial charge in [0.1, 0.15) is 0 Å². The Kier molecular flexibility index (Phi) is 6.62. The molecule has 0 amide bonds. The topological polar surface area (TPSA) is 35.5 Å². The third-order valence-corrected chi connectivity index (χ3v) is 5.10. The van der Waals surface area contributed by atoms with Gasteiger partial charge in [-0.25, -0.2) is 0 Å². The van der Waals surface area contributed by atoms with Crippen LogP contribution < -0.4 is 5.32 Å². The highest BCUT2D eigenvalue weighted by atomic mass is 16.3. The molecule has 1 aliphatic heterocycles. The van der Waals surface area contributed by atoms with Crippen molar-refractivity contribution in [1.29, 1.82) is 0 Å². The molecule has 1 saturated heterocycles. The number of hydrogen-bond acceptors (Lipinski definition) is 3. The Morgan fingerprint density at radius 1 is 1.05 bits per heavy atom. The Bertz CT molecular complexity index is 239. The number of likely N-dealkylation sites (tertiary alicyclic amines) is 1. The van der Waals surface area contributed by atoms with Gasteiger partial charge in [-0.2, -0.15) is 0 Å². The highest BCUT2D eigenvalue weighted by Gasteiger charge is 2.25. The summed E-state index contributed by atoms with van der Waals surface area (Å²) in [6.45, 7) is 7.58. The smallest absolute Gasteiger partial charge is 0.0462 e. The number of piperidine rings is 1. The second-order valence-electron chi connectivity index (χ2n) is 6.51. The summed E-state index contributed by atoms with van der Waals surface area (Å²) < 4.78 is 0. The molecule has 2 atom stereocenters. The van der Waals surface area contributed by atoms with E-state index in [1.54, 1.807) is 0 Å². The van der Waals surface area contributed by atoms with Crippen molar-refractivity contribution >= 4 is 0 Å². The van der Waals surface area contributed by atoms with Crippen LogP contribution in [-0.4, -0.2) is 48.8 Å². The summed E-state index contributed by atoms with van der Waals surface area (Å²) in [5.41, 5.74) is 0. The molecule has 3 nitrogen and oxygen atoms in total. The van der Waals surface area contributed by atoms with E-state index in [2.05, 4.69) is 17.1 Å². The second kappa shape index (κ2) is 8.23. The molecular formula is C16H32N2O. The van der Waals surface area contributed by atoms with Crippen molar-refractivity contribution in [2.75, 3.05) is 32.8 Å². The summed E-state index contributed by atoms with van der Waals surface area (Å²) in [5, 5.41) is 13.2. The molecule has 112 valence electrons. The van der Waals surface area contributed by atoms with Gasteiger partial charge in [0.25, 0.3) is 0 Å². The van der Waals surface area contributed by atoms with E-state index in [-0.39, 0.29) is 0 Å². The lowest BCUT2D eigenvalue weighted by atomic mass is 9.79. The van der Waals surface area contributed by atoms with Crippen LogP contribution in [-0.2, 0) is 0 Å². The maximum Gasteiger partial charge on any atom is 0.0462 e. The van der Waals surface area contributed by atoms with Crippen LogP contribution in [0.5, 0.6) is 0 Å². The summed E-state index contributed by atoms with van der Waals surface area (Å²) >= 11 is 0. The van der Waals surface area contributed by atoms with E-state index in [9.17, 15) is 5.11 Å². The Hall–Kier alpha value is -0.120. The minimum Gasteiger partial charge on any atom is -0.396 e. The molecule has 0 radical (unpaired) electrons. The largest absolute Gasteiger partial charge is 0.396 e. The van der Waals surface area contributed by atoms with Gasteiger partial charge in [0.05, 0.1) is 0 Å². The lowest BCUT2D eigenvalue weighted by molar-refractivity contribution is 0.125. The number of hydrogen-bond donors (Lipinski definition) is 2. The molecule has 1 saturated carbocycles. The zero-order chi connectivity index (χ0) is 13.5. The Balaban J connectivity index is 1.65. The van der Waals surface area contributed by atoms with Crippen molar-refractivity contribution in [3.8, 4) is 0 Å². The molecule has 19 heavy (non-hydrogen) atoms. The predicted molar refractivity (Wildman–Crippen MR) is 80.3 cm³/mol. The number of aliphatic hydroxyl groups excluding tert-OH is 1. The molecule has 1 aliphatic carbocycles. The van der Waals surface area contributed by atoms with Gasteiger partial charge in [-0.15, -0.1) is 0 Å². The lowest BCUT2D eigenvalue weighted by Gasteiger charge is -2.35. The Labute approximate surface area is 118 Å². The van der Waals surface area contributed by atoms with Crippen molar-refractivity contribution in [3.63, 3.8) is 0 Å². The molecule has 3 heteroatoms. The molecule has 2 N–H and O–H groups in total. The molecule has 2 unspecified atom stereocenters. The molecule has 2 aliphatic rings. The number of aliphatic hydroxyl groups is 1. The maximum atomic E-state index is 9.46. The van der Waals surface area contributed by atoms with Crippen LogP contribution in [0.1, 0.15) is 51.9 Å². The molecular weight excluding hydrogens is 236 g/mol. The average Bonchev–Trinajstić information content (AvgIpc) is 2.47. The standard InChI is InChI=1S/C16H32N2O/c1-2-9-18-10-7-16(8-11-18)17-12-14-5-3-4-6-15(14)13-19/h14-17,19H,2-13H2,1H3. The normalized spacial score (nSPS) is 30.6. The predicted octanol–water partition coefficient (Wildman–Crippen LogP) is 2.25. The van der Waals surface area contributed by atoms with Gasteiger partial charge in [0.2, 0.25) is 0 Å². The van der Waals surface area contributed by atoms with Crippen LogP contribution in [0.25, 0.3) is 0 Å². The van der Waals surface area contributed by atoms with E-state index < -0.39 is 0 Å². The van der Waals surface area contributed by atoms with Gasteiger partial charge in [-0.3, -0.25) is 0 Å². The monoisotopic (exact) mass is 268 g/mol. The minimum atomic E-state index is 0.390. The molecule has 2 rings (SSSR count). The van der Waals surface area contributed by atoms with Crippen LogP contribution in [0, 0.1) is 11.8 Å². The molecule has 0 aromatic heterocycles. The van der Waals surface area contributed by atoms with Gasteiger partial charge in [-0.05, 0) is 70.1 Å². The summed E-state index contributed by atoms with van der Waals surface area (Å²) in [6.07, 6.45) is 9.10. The van der Waals surface area contributed by atoms with Gasteiger partial charge >= 0.3 is 0 Å². The molecule has 0 bridgehead atoms. The van der Waals surface area contributed by atoms with E-state index >= 15 is 0 Å². The molecule has 0 aromatic carbocycles. The summed E-state index contributed by atoms with van der Waals surface area (Å²) in [5.74, 6) is 1.27. The van der Waals surface area contributed by atoms with Crippen LogP contribution >= 0.6 is 0 Å². The van der Waals surface area contributed by atoms with E-state index in [0.29, 0.717) is 18.4 Å². The Morgan fingerprint density at radius 3 is 2.37 bits per heavy atom. The van der Waals surface area contributed by atoms with E-state index in [0.717, 1.165) is 12.6 Å². The van der Waals surface area contributed by atoms with Crippen molar-refractivity contribution in [1.82, 2.24) is 10.2 Å². The highest BCUT2D eigenvalue weighted by molar-refractivity contribution is 4.81. The quantitative estimate of drug-likeness (QED) is 0.775. The number of nitrogens with one attached hydrogen (secondary N) is 1. The fourth-order valence-electron chi connectivity index (χ4n) is 3.79. The minimum absolute atomic E-state index is 0.390. The zero-order valence-corrected chi connectivity index (χ0v) is 12.6. The van der Waals surface area contributed by atoms with Crippen molar-refractivity contribution < 1.29 is 5.11 Å². The summed E-state index contributed by atoms with van der Waals surface area (Å²) in [4.78, 5) is 2.59. The van der Waals surface area contributed by atoms with E-state index in [1.165, 1.54) is 64.6 Å². The van der Waals surface area contributed by atoms with Crippen molar-refractivity contribution in [2.24, 2.45) is 11.8 Å². The third-order valence-electron chi connectivity index (χ3n) is 5.10. The first-order valence-electron chi connectivity index (χ1n) is 8.40. The lowest BCUT2D eigenvalue weighted by Crippen LogP contribution is -2.45. The van der Waals surface area contributed by atoms with E-state index in [4.69, 9.17) is 0 Å². The fourth-order valence-corrected chi connectivity index (χ4v) is 3.79. The van der Waals surface area contributed by atoms with Crippen molar-refractivity contribution in [3.05, 3.63) is 0 Å². The van der Waals surface area contributed by atoms with Gasteiger partial charge in [0.15, 0.2) is 0 Å². The summed E-state index contributed by atoms with van der Waals surface area (Å²) in [7, 11) is 0. The van der Waals surface area contributed by atoms with Crippen LogP contribution in [0.15, 0.2) is 0 Å². The van der Waals surface area contributed by atoms with Gasteiger partial charge < -0.3 is 15.3 Å². The fraction of sp³-hybridized carbons (Fsp3) is 1.00. The third kappa shape index (κ3) is 4.73. The molecule has 0 aromatic rings. The molecule has 1 heterocycles. The first-order valence-corrected chi connectivity index (χ1v) is 8.40. The maximum absolute atomic E-state index is 9.46. The summed E-state index contributed by atoms with van der Waals surface area (Å²) in [6, 6.07) is 0.717. The van der Waals surface area contributed by atoms with Crippen LogP contribution in [0.3, 0.4) is 0 Å². The average molecular weight is 268 g/mol. The number of rotatable bonds is 6. The SMILES string of the molecule is CCCN1CCC(NCC2CCCCC2CO)CC1. The van der Waals surface area contributed by atoms with Gasteiger partial charge in [0, 0.05) is 12.6 Å². The second-order valence-corrected chi connectivity index (χ2v) is 6.51. The molecule has 2 fully saturated rings. The molecule has 0 spiro atoms. The first kappa shape index (κ1) is 15.3. The van der Waals surface area contributed by atoms with Crippen LogP contribution in [0.2, 0.25) is 0 Å².